The van der Waals surface area contributed by atoms with Gasteiger partial charge in [0, 0.05) is 17.8 Å². The number of hydrogen-bond acceptors (Lipinski definition) is 6. The Morgan fingerprint density at radius 2 is 1.79 bits per heavy atom. The molecule has 1 amide bonds. The number of amides is 1. The summed E-state index contributed by atoms with van der Waals surface area (Å²) < 4.78 is 18.2. The molecule has 3 rings (SSSR count). The first-order valence-corrected chi connectivity index (χ1v) is 8.36. The van der Waals surface area contributed by atoms with Gasteiger partial charge in [-0.05, 0) is 30.3 Å². The molecule has 0 spiro atoms. The summed E-state index contributed by atoms with van der Waals surface area (Å²) in [6.45, 7) is 0.0553. The van der Waals surface area contributed by atoms with Crippen LogP contribution in [0, 0.1) is 5.82 Å². The topological polar surface area (TPSA) is 93.2 Å². The van der Waals surface area contributed by atoms with Crippen molar-refractivity contribution in [3.05, 3.63) is 83.6 Å². The number of nitrogens with zero attached hydrogens (tertiary/aromatic N) is 2. The van der Waals surface area contributed by atoms with Crippen LogP contribution in [0.2, 0.25) is 0 Å². The van der Waals surface area contributed by atoms with Crippen LogP contribution in [0.4, 0.5) is 15.9 Å². The number of rotatable bonds is 6. The maximum absolute atomic E-state index is 13.6. The summed E-state index contributed by atoms with van der Waals surface area (Å²) in [5, 5.41) is 5.61. The zero-order chi connectivity index (χ0) is 19.9. The Morgan fingerprint density at radius 3 is 2.43 bits per heavy atom. The van der Waals surface area contributed by atoms with Crippen LogP contribution in [0.25, 0.3) is 0 Å². The van der Waals surface area contributed by atoms with Crippen LogP contribution in [0.1, 0.15) is 26.4 Å². The number of ether oxygens (including phenoxy) is 1. The number of esters is 1. The fourth-order valence-corrected chi connectivity index (χ4v) is 2.37. The van der Waals surface area contributed by atoms with Crippen molar-refractivity contribution in [2.45, 2.75) is 6.54 Å². The molecule has 0 saturated heterocycles. The summed E-state index contributed by atoms with van der Waals surface area (Å²) in [7, 11) is 1.32. The molecule has 2 N–H and O–H groups in total. The first-order chi connectivity index (χ1) is 13.6. The van der Waals surface area contributed by atoms with Crippen molar-refractivity contribution in [1.29, 1.82) is 0 Å². The van der Waals surface area contributed by atoms with Crippen molar-refractivity contribution >= 4 is 23.4 Å². The highest BCUT2D eigenvalue weighted by Gasteiger charge is 2.10. The van der Waals surface area contributed by atoms with E-state index < -0.39 is 11.9 Å². The Balaban J connectivity index is 1.59. The maximum Gasteiger partial charge on any atom is 0.337 e. The first kappa shape index (κ1) is 19.0. The van der Waals surface area contributed by atoms with Crippen molar-refractivity contribution in [2.75, 3.05) is 12.4 Å². The lowest BCUT2D eigenvalue weighted by molar-refractivity contribution is 0.0600. The minimum atomic E-state index is -0.454. The van der Waals surface area contributed by atoms with E-state index in [0.29, 0.717) is 22.6 Å². The molecular formula is C20H17FN4O3. The van der Waals surface area contributed by atoms with Gasteiger partial charge in [-0.1, -0.05) is 18.2 Å². The predicted molar refractivity (Wildman–Crippen MR) is 101 cm³/mol. The molecule has 0 bridgehead atoms. The molecular weight excluding hydrogens is 363 g/mol. The molecule has 1 aromatic heterocycles. The molecule has 142 valence electrons. The van der Waals surface area contributed by atoms with Crippen LogP contribution >= 0.6 is 0 Å². The van der Waals surface area contributed by atoms with Gasteiger partial charge in [0.05, 0.1) is 25.1 Å². The van der Waals surface area contributed by atoms with Gasteiger partial charge in [-0.15, -0.1) is 0 Å². The molecule has 0 fully saturated rings. The van der Waals surface area contributed by atoms with Gasteiger partial charge in [-0.25, -0.2) is 19.2 Å². The fourth-order valence-electron chi connectivity index (χ4n) is 2.37. The number of carbonyl (C=O) groups is 2. The lowest BCUT2D eigenvalue weighted by atomic mass is 10.2. The number of anilines is 2. The highest BCUT2D eigenvalue weighted by atomic mass is 19.1. The molecule has 2 aromatic carbocycles. The van der Waals surface area contributed by atoms with E-state index in [-0.39, 0.29) is 18.1 Å². The second kappa shape index (κ2) is 8.72. The standard InChI is InChI=1S/C20H17FN4O3/c1-28-20(27)13-6-8-15(9-7-13)25-18-12-22-17(11-23-18)19(26)24-10-14-4-2-3-5-16(14)21/h2-9,11-12H,10H2,1H3,(H,23,25)(H,24,26). The molecule has 0 atom stereocenters. The summed E-state index contributed by atoms with van der Waals surface area (Å²) in [5.41, 5.74) is 1.63. The molecule has 7 nitrogen and oxygen atoms in total. The Labute approximate surface area is 160 Å². The van der Waals surface area contributed by atoms with Gasteiger partial charge in [0.2, 0.25) is 0 Å². The van der Waals surface area contributed by atoms with E-state index in [9.17, 15) is 14.0 Å². The fraction of sp³-hybridized carbons (Fsp3) is 0.100. The SMILES string of the molecule is COC(=O)c1ccc(Nc2cnc(C(=O)NCc3ccccc3F)cn2)cc1. The third-order valence-electron chi connectivity index (χ3n) is 3.86. The summed E-state index contributed by atoms with van der Waals surface area (Å²) in [6.07, 6.45) is 2.73. The molecule has 1 heterocycles. The minimum absolute atomic E-state index is 0.0553. The highest BCUT2D eigenvalue weighted by Crippen LogP contribution is 2.15. The lowest BCUT2D eigenvalue weighted by Gasteiger charge is -2.08. The van der Waals surface area contributed by atoms with E-state index >= 15 is 0 Å². The molecule has 0 aliphatic carbocycles. The zero-order valence-corrected chi connectivity index (χ0v) is 15.0. The molecule has 0 radical (unpaired) electrons. The molecule has 0 aliphatic rings. The van der Waals surface area contributed by atoms with Crippen LogP contribution in [0.3, 0.4) is 0 Å². The number of halogens is 1. The van der Waals surface area contributed by atoms with Crippen LogP contribution in [-0.4, -0.2) is 29.0 Å². The summed E-state index contributed by atoms with van der Waals surface area (Å²) in [4.78, 5) is 31.8. The van der Waals surface area contributed by atoms with Gasteiger partial charge in [0.1, 0.15) is 17.3 Å². The van der Waals surface area contributed by atoms with Gasteiger partial charge in [0.15, 0.2) is 0 Å². The van der Waals surface area contributed by atoms with E-state index in [1.165, 1.54) is 25.6 Å². The largest absolute Gasteiger partial charge is 0.465 e. The Hall–Kier alpha value is -3.81. The van der Waals surface area contributed by atoms with Gasteiger partial charge < -0.3 is 15.4 Å². The molecule has 28 heavy (non-hydrogen) atoms. The van der Waals surface area contributed by atoms with Crippen LogP contribution in [0.5, 0.6) is 0 Å². The molecule has 0 aliphatic heterocycles. The third kappa shape index (κ3) is 4.67. The van der Waals surface area contributed by atoms with Crippen molar-refractivity contribution in [3.63, 3.8) is 0 Å². The number of carbonyl (C=O) groups excluding carboxylic acids is 2. The van der Waals surface area contributed by atoms with Crippen LogP contribution in [0.15, 0.2) is 60.9 Å². The molecule has 3 aromatic rings. The Kier molecular flexibility index (Phi) is 5.91. The minimum Gasteiger partial charge on any atom is -0.465 e. The predicted octanol–water partition coefficient (Wildman–Crippen LogP) is 3.08. The highest BCUT2D eigenvalue weighted by molar-refractivity contribution is 5.92. The summed E-state index contributed by atoms with van der Waals surface area (Å²) >= 11 is 0. The number of aromatic nitrogens is 2. The molecule has 8 heteroatoms. The number of benzene rings is 2. The zero-order valence-electron chi connectivity index (χ0n) is 15.0. The number of methoxy groups -OCH3 is 1. The van der Waals surface area contributed by atoms with Gasteiger partial charge in [0.25, 0.3) is 5.91 Å². The average molecular weight is 380 g/mol. The molecule has 0 unspecified atom stereocenters. The maximum atomic E-state index is 13.6. The van der Waals surface area contributed by atoms with E-state index in [0.717, 1.165) is 0 Å². The Bertz CT molecular complexity index is 976. The van der Waals surface area contributed by atoms with Crippen molar-refractivity contribution in [3.8, 4) is 0 Å². The normalized spacial score (nSPS) is 10.2. The number of nitrogens with one attached hydrogen (secondary N) is 2. The third-order valence-corrected chi connectivity index (χ3v) is 3.86. The average Bonchev–Trinajstić information content (AvgIpc) is 2.73. The van der Waals surface area contributed by atoms with E-state index in [4.69, 9.17) is 0 Å². The molecule has 0 saturated carbocycles. The monoisotopic (exact) mass is 380 g/mol. The van der Waals surface area contributed by atoms with E-state index in [1.807, 2.05) is 0 Å². The van der Waals surface area contributed by atoms with E-state index in [2.05, 4.69) is 25.3 Å². The quantitative estimate of drug-likeness (QED) is 0.639. The lowest BCUT2D eigenvalue weighted by Crippen LogP contribution is -2.24. The second-order valence-electron chi connectivity index (χ2n) is 5.75. The van der Waals surface area contributed by atoms with E-state index in [1.54, 1.807) is 42.5 Å². The van der Waals surface area contributed by atoms with Gasteiger partial charge >= 0.3 is 5.97 Å². The Morgan fingerprint density at radius 1 is 1.04 bits per heavy atom. The van der Waals surface area contributed by atoms with Crippen LogP contribution in [-0.2, 0) is 11.3 Å². The van der Waals surface area contributed by atoms with Crippen LogP contribution < -0.4 is 10.6 Å². The van der Waals surface area contributed by atoms with Crippen molar-refractivity contribution in [2.24, 2.45) is 0 Å². The second-order valence-corrected chi connectivity index (χ2v) is 5.75. The smallest absolute Gasteiger partial charge is 0.337 e. The van der Waals surface area contributed by atoms with Gasteiger partial charge in [-0.2, -0.15) is 0 Å². The van der Waals surface area contributed by atoms with Crippen molar-refractivity contribution in [1.82, 2.24) is 15.3 Å². The number of hydrogen-bond donors (Lipinski definition) is 2. The summed E-state index contributed by atoms with van der Waals surface area (Å²) in [5.74, 6) is -0.829. The van der Waals surface area contributed by atoms with Gasteiger partial charge in [-0.3, -0.25) is 4.79 Å². The first-order valence-electron chi connectivity index (χ1n) is 8.36. The summed E-state index contributed by atoms with van der Waals surface area (Å²) in [6, 6.07) is 12.8. The van der Waals surface area contributed by atoms with Crippen molar-refractivity contribution < 1.29 is 18.7 Å².